The van der Waals surface area contributed by atoms with Gasteiger partial charge in [0, 0.05) is 181 Å². The fraction of sp³-hybridized carbons (Fsp3) is 0.713. The molecule has 0 saturated carbocycles. The summed E-state index contributed by atoms with van der Waals surface area (Å²) in [5.74, 6) is -10.6. The van der Waals surface area contributed by atoms with Crippen molar-refractivity contribution in [2.75, 3.05) is 119 Å². The number of carbonyl (C=O) groups is 19. The van der Waals surface area contributed by atoms with Gasteiger partial charge in [-0.05, 0) is 63.4 Å². The third-order valence-corrected chi connectivity index (χ3v) is 19.6. The fourth-order valence-electron chi connectivity index (χ4n) is 13.7. The molecule has 0 unspecified atom stereocenters. The molecule has 4 rings (SSSR count). The summed E-state index contributed by atoms with van der Waals surface area (Å²) in [6.07, 6.45) is -13.7. The predicted octanol–water partition coefficient (Wildman–Crippen LogP) is -0.732. The highest BCUT2D eigenvalue weighted by molar-refractivity contribution is 5.80. The highest BCUT2D eigenvalue weighted by Crippen LogP contribution is 2.32. The molecule has 3 saturated heterocycles. The molecular weight excluding hydrogens is 1790 g/mol. The molecule has 0 aromatic heterocycles. The second-order valence-corrected chi connectivity index (χ2v) is 31.7. The maximum Gasteiger partial charge on any atom is 0.408 e. The molecule has 3 fully saturated rings. The molecule has 1 aromatic rings. The first kappa shape index (κ1) is 116. The summed E-state index contributed by atoms with van der Waals surface area (Å²) >= 11 is 0. The van der Waals surface area contributed by atoms with Crippen molar-refractivity contribution in [3.05, 3.63) is 35.9 Å². The van der Waals surface area contributed by atoms with Gasteiger partial charge < -0.3 is 143 Å². The van der Waals surface area contributed by atoms with Crippen molar-refractivity contribution in [2.24, 2.45) is 0 Å². The first-order valence-electron chi connectivity index (χ1n) is 44.6. The van der Waals surface area contributed by atoms with Crippen molar-refractivity contribution in [1.82, 2.24) is 53.2 Å². The minimum Gasteiger partial charge on any atom is -0.463 e. The van der Waals surface area contributed by atoms with E-state index in [1.54, 1.807) is 30.3 Å². The lowest BCUT2D eigenvalue weighted by Crippen LogP contribution is -2.66. The molecule has 3 aliphatic heterocycles. The summed E-state index contributed by atoms with van der Waals surface area (Å²) in [5.41, 5.74) is -0.966. The minimum absolute atomic E-state index is 0.0166. The number of benzene rings is 1. The second kappa shape index (κ2) is 64.5. The molecular formula is C87H134N10O38. The zero-order valence-electron chi connectivity index (χ0n) is 78.6. The molecule has 135 heavy (non-hydrogen) atoms. The van der Waals surface area contributed by atoms with E-state index in [0.29, 0.717) is 63.4 Å². The van der Waals surface area contributed by atoms with E-state index in [9.17, 15) is 91.1 Å². The lowest BCUT2D eigenvalue weighted by molar-refractivity contribution is -0.277. The van der Waals surface area contributed by atoms with Crippen molar-refractivity contribution in [3.63, 3.8) is 0 Å². The molecule has 3 heterocycles. The van der Waals surface area contributed by atoms with E-state index in [1.165, 1.54) is 20.8 Å². The monoisotopic (exact) mass is 1930 g/mol. The van der Waals surface area contributed by atoms with Crippen LogP contribution in [-0.4, -0.2) is 329 Å². The Morgan fingerprint density at radius 2 is 0.556 bits per heavy atom. The molecule has 10 N–H and O–H groups in total. The first-order valence-corrected chi connectivity index (χ1v) is 44.6. The van der Waals surface area contributed by atoms with Gasteiger partial charge in [0.25, 0.3) is 0 Å². The molecule has 0 bridgehead atoms. The van der Waals surface area contributed by atoms with Gasteiger partial charge in [0.05, 0.1) is 39.6 Å². The lowest BCUT2D eigenvalue weighted by Gasteiger charge is -2.44. The number of alkyl carbamates (subject to hydrolysis) is 1. The largest absolute Gasteiger partial charge is 0.463 e. The van der Waals surface area contributed by atoms with Crippen LogP contribution in [0.25, 0.3) is 0 Å². The summed E-state index contributed by atoms with van der Waals surface area (Å²) in [6.45, 7) is 11.5. The highest BCUT2D eigenvalue weighted by Gasteiger charge is 2.55. The van der Waals surface area contributed by atoms with Crippen LogP contribution < -0.4 is 53.2 Å². The minimum atomic E-state index is -1.61. The van der Waals surface area contributed by atoms with E-state index >= 15 is 0 Å². The maximum atomic E-state index is 13.8. The van der Waals surface area contributed by atoms with Crippen LogP contribution in [0.4, 0.5) is 4.79 Å². The Hall–Kier alpha value is -11.4. The topological polar surface area (TPSA) is 620 Å². The summed E-state index contributed by atoms with van der Waals surface area (Å²) in [5, 5.41) is 27.3. The van der Waals surface area contributed by atoms with Crippen LogP contribution >= 0.6 is 0 Å². The number of rotatable bonds is 63. The van der Waals surface area contributed by atoms with E-state index in [4.69, 9.17) is 90.0 Å². The third-order valence-electron chi connectivity index (χ3n) is 19.6. The Labute approximate surface area is 782 Å². The van der Waals surface area contributed by atoms with E-state index < -0.39 is 213 Å². The van der Waals surface area contributed by atoms with Crippen LogP contribution in [0, 0.1) is 0 Å². The van der Waals surface area contributed by atoms with Crippen molar-refractivity contribution in [2.45, 2.75) is 283 Å². The molecule has 48 heteroatoms. The molecule has 1 aromatic carbocycles. The first-order chi connectivity index (χ1) is 64.2. The normalized spacial score (nSPS) is 21.1. The number of hydrogen-bond acceptors (Lipinski definition) is 38. The highest BCUT2D eigenvalue weighted by atomic mass is 16.7. The molecule has 10 amide bonds. The Balaban J connectivity index is 1.33. The maximum absolute atomic E-state index is 13.8. The van der Waals surface area contributed by atoms with Gasteiger partial charge in [-0.1, -0.05) is 30.3 Å². The standard InChI is InChI=1S/C87H134N10O38/c1-52(98)94-74-80(130-61(10)107)77(127-58(7)104)65(46-123-55(4)101)133-83(74)120-39-19-16-27-68(110)88-33-22-36-91-71(113)30-42-117-49-87(97-86(116)126-45-64-25-14-13-15-26-64,50-118-43-31-72(114)92-37-23-34-89-69(111)28-17-20-40-121-84-75(95-53(2)99)81(131-62(11)108)78(128-59(8)105)66(134-84)47-124-56(5)102)51-119-44-32-73(115)93-38-24-35-90-70(112)29-18-21-41-122-85-76(96-54(3)100)82(132-63(12)109)79(129-60(9)106)67(135-85)48-125-57(6)103/h13-15,25-26,65-67,74-85H,16-24,27-51H2,1-12H3,(H,88,110)(H,89,111)(H,90,112)(H,91,113)(H,92,114)(H,93,115)(H,94,98)(H,95,99)(H,96,100)(H,97,116)/t65-,66-,67-,74-,75-,76+,77+,78+,79+,80-,81-,82-,83-,84-,85-/m1/s1. The van der Waals surface area contributed by atoms with Crippen LogP contribution in [0.15, 0.2) is 30.3 Å². The van der Waals surface area contributed by atoms with Gasteiger partial charge in [-0.15, -0.1) is 0 Å². The molecule has 0 radical (unpaired) electrons. The summed E-state index contributed by atoms with van der Waals surface area (Å²) in [7, 11) is 0. The number of esters is 9. The van der Waals surface area contributed by atoms with Crippen LogP contribution in [0.3, 0.4) is 0 Å². The van der Waals surface area contributed by atoms with Crippen LogP contribution in [0.1, 0.15) is 185 Å². The van der Waals surface area contributed by atoms with Crippen molar-refractivity contribution in [3.8, 4) is 0 Å². The number of unbranched alkanes of at least 4 members (excludes halogenated alkanes) is 3. The van der Waals surface area contributed by atoms with E-state index in [-0.39, 0.29) is 162 Å². The smallest absolute Gasteiger partial charge is 0.408 e. The summed E-state index contributed by atoms with van der Waals surface area (Å²) in [6, 6.07) is 5.22. The number of nitrogens with one attached hydrogen (secondary N) is 10. The van der Waals surface area contributed by atoms with Gasteiger partial charge in [-0.25, -0.2) is 4.79 Å². The summed E-state index contributed by atoms with van der Waals surface area (Å²) < 4.78 is 108. The molecule has 3 aliphatic rings. The second-order valence-electron chi connectivity index (χ2n) is 31.7. The van der Waals surface area contributed by atoms with Crippen molar-refractivity contribution in [1.29, 1.82) is 0 Å². The van der Waals surface area contributed by atoms with Crippen molar-refractivity contribution < 1.29 is 181 Å². The molecule has 0 aliphatic carbocycles. The SMILES string of the molecule is CC(=O)N[C@@H]1[C@H](OCCCCC(=O)NCCCNC(=O)CCOCC(COCCC(=O)NCCCNC(=O)CCCCO[C@@H]2O[C@H](COC(C)=O)[C@H](OC(C)=O)[C@H](OC(C)=O)[C@H]2NC(C)=O)(COCCC(=O)NCCCNC(=O)CCCCO[C@@H]2O[C@H](COC(C)=O)[C@H](OC(C)=O)[C@H](OC(C)=O)[C@H]2NC(C)=O)NC(=O)OCc2ccccc2)O[C@H](COC(C)=O)[C@H](OC(C)=O)[C@@H]1OC(C)=O. The van der Waals surface area contributed by atoms with E-state index in [2.05, 4.69) is 53.2 Å². The summed E-state index contributed by atoms with van der Waals surface area (Å²) in [4.78, 5) is 237. The fourth-order valence-corrected chi connectivity index (χ4v) is 13.7. The zero-order valence-corrected chi connectivity index (χ0v) is 78.6. The number of ether oxygens (including phenoxy) is 19. The lowest BCUT2D eigenvalue weighted by atomic mass is 9.96. The van der Waals surface area contributed by atoms with Gasteiger partial charge in [0.2, 0.25) is 53.2 Å². The Morgan fingerprint density at radius 3 is 0.807 bits per heavy atom. The number of hydrogen-bond donors (Lipinski definition) is 10. The predicted molar refractivity (Wildman–Crippen MR) is 462 cm³/mol. The van der Waals surface area contributed by atoms with Gasteiger partial charge in [-0.2, -0.15) is 0 Å². The van der Waals surface area contributed by atoms with Crippen molar-refractivity contribution >= 4 is 113 Å². The zero-order chi connectivity index (χ0) is 99.8. The number of carbonyl (C=O) groups excluding carboxylic acids is 19. The number of amides is 10. The Morgan fingerprint density at radius 1 is 0.296 bits per heavy atom. The average Bonchev–Trinajstić information content (AvgIpc) is 0.794. The van der Waals surface area contributed by atoms with Crippen LogP contribution in [0.5, 0.6) is 0 Å². The Kier molecular flexibility index (Phi) is 55.4. The quantitative estimate of drug-likeness (QED) is 0.0218. The molecule has 0 spiro atoms. The molecule has 48 nitrogen and oxygen atoms in total. The van der Waals surface area contributed by atoms with E-state index in [0.717, 1.165) is 62.3 Å². The van der Waals surface area contributed by atoms with Gasteiger partial charge in [0.15, 0.2) is 55.5 Å². The van der Waals surface area contributed by atoms with Gasteiger partial charge in [0.1, 0.15) is 68.4 Å². The molecule has 15 atom stereocenters. The van der Waals surface area contributed by atoms with Gasteiger partial charge in [-0.3, -0.25) is 86.3 Å². The van der Waals surface area contributed by atoms with E-state index in [1.807, 2.05) is 0 Å². The Bertz CT molecular complexity index is 3630. The molecule has 760 valence electrons. The van der Waals surface area contributed by atoms with Crippen LogP contribution in [0.2, 0.25) is 0 Å². The average molecular weight is 1930 g/mol. The van der Waals surface area contributed by atoms with Gasteiger partial charge >= 0.3 is 59.8 Å². The third kappa shape index (κ3) is 49.6. The van der Waals surface area contributed by atoms with Crippen LogP contribution in [-0.2, 0) is 183 Å².